The average molecular weight is 395 g/mol. The summed E-state index contributed by atoms with van der Waals surface area (Å²) >= 11 is 0. The zero-order chi connectivity index (χ0) is 20.3. The van der Waals surface area contributed by atoms with Crippen LogP contribution in [0.25, 0.3) is 0 Å². The van der Waals surface area contributed by atoms with Crippen molar-refractivity contribution in [1.29, 1.82) is 0 Å². The van der Waals surface area contributed by atoms with Crippen molar-refractivity contribution in [2.75, 3.05) is 0 Å². The molecule has 1 aromatic carbocycles. The lowest BCUT2D eigenvalue weighted by atomic mass is 9.90. The monoisotopic (exact) mass is 394 g/mol. The second-order valence-electron chi connectivity index (χ2n) is 9.18. The van der Waals surface area contributed by atoms with Gasteiger partial charge in [0.05, 0.1) is 0 Å². The third-order valence-corrected chi connectivity index (χ3v) is 12.9. The SMILES string of the molecule is Cc1c(C)c(CP(C(C)C)C(C)C)c(C)c(C)c1CP(C(C)C)C(C)C. The van der Waals surface area contributed by atoms with Crippen LogP contribution in [0.1, 0.15) is 88.8 Å². The van der Waals surface area contributed by atoms with Crippen LogP contribution in [-0.2, 0) is 12.3 Å². The molecule has 1 aromatic rings. The standard InChI is InChI=1S/C24H44P2/c1-15(2)25(16(3)4)13-23-19(9)21(11)24(22(12)20(23)10)14-26(17(5)6)18(7)8/h15-18H,13-14H2,1-12H3. The molecular weight excluding hydrogens is 350 g/mol. The van der Waals surface area contributed by atoms with Gasteiger partial charge in [0, 0.05) is 0 Å². The van der Waals surface area contributed by atoms with Gasteiger partial charge in [-0.25, -0.2) is 0 Å². The summed E-state index contributed by atoms with van der Waals surface area (Å²) in [6, 6.07) is 0. The van der Waals surface area contributed by atoms with Gasteiger partial charge in [-0.15, -0.1) is 0 Å². The summed E-state index contributed by atoms with van der Waals surface area (Å²) in [7, 11) is 0.0900. The van der Waals surface area contributed by atoms with E-state index in [4.69, 9.17) is 0 Å². The third-order valence-electron chi connectivity index (χ3n) is 6.27. The molecule has 2 heteroatoms. The molecule has 0 saturated carbocycles. The minimum Gasteiger partial charge on any atom is -0.0969 e. The Bertz CT molecular complexity index is 499. The molecule has 0 fully saturated rings. The Balaban J connectivity index is 3.37. The summed E-state index contributed by atoms with van der Waals surface area (Å²) in [5.74, 6) is 0. The van der Waals surface area contributed by atoms with Crippen LogP contribution < -0.4 is 0 Å². The summed E-state index contributed by atoms with van der Waals surface area (Å²) in [4.78, 5) is 0. The minimum atomic E-state index is 0.0450. The van der Waals surface area contributed by atoms with Crippen molar-refractivity contribution in [3.8, 4) is 0 Å². The molecule has 0 nitrogen and oxygen atoms in total. The first kappa shape index (κ1) is 24.1. The Morgan fingerprint density at radius 1 is 0.462 bits per heavy atom. The fourth-order valence-electron chi connectivity index (χ4n) is 4.23. The molecule has 0 aromatic heterocycles. The molecule has 0 aliphatic heterocycles. The quantitative estimate of drug-likeness (QED) is 0.388. The Hall–Kier alpha value is 0.0800. The third kappa shape index (κ3) is 5.55. The van der Waals surface area contributed by atoms with Gasteiger partial charge in [-0.05, 0) is 96.0 Å². The van der Waals surface area contributed by atoms with Crippen LogP contribution in [-0.4, -0.2) is 22.6 Å². The minimum absolute atomic E-state index is 0.0450. The van der Waals surface area contributed by atoms with Gasteiger partial charge in [-0.2, -0.15) is 0 Å². The molecule has 0 aliphatic carbocycles. The van der Waals surface area contributed by atoms with Crippen LogP contribution in [0.3, 0.4) is 0 Å². The molecule has 0 N–H and O–H groups in total. The maximum absolute atomic E-state index is 2.42. The van der Waals surface area contributed by atoms with E-state index in [1.54, 1.807) is 33.4 Å². The molecule has 0 unspecified atom stereocenters. The second-order valence-corrected chi connectivity index (χ2v) is 16.0. The molecule has 0 atom stereocenters. The first-order valence-corrected chi connectivity index (χ1v) is 13.8. The van der Waals surface area contributed by atoms with Crippen LogP contribution in [0.15, 0.2) is 0 Å². The normalized spacial score (nSPS) is 12.7. The molecule has 1 rings (SSSR count). The maximum atomic E-state index is 2.42. The van der Waals surface area contributed by atoms with E-state index >= 15 is 0 Å². The lowest BCUT2D eigenvalue weighted by molar-refractivity contribution is 0.979. The molecule has 0 heterocycles. The fraction of sp³-hybridized carbons (Fsp3) is 0.750. The van der Waals surface area contributed by atoms with Gasteiger partial charge in [-0.1, -0.05) is 71.2 Å². The van der Waals surface area contributed by atoms with E-state index in [2.05, 4.69) is 83.1 Å². The van der Waals surface area contributed by atoms with Gasteiger partial charge in [0.1, 0.15) is 0 Å². The van der Waals surface area contributed by atoms with Crippen molar-refractivity contribution in [3.05, 3.63) is 33.4 Å². The van der Waals surface area contributed by atoms with Gasteiger partial charge in [0.25, 0.3) is 0 Å². The van der Waals surface area contributed by atoms with E-state index in [0.717, 1.165) is 22.6 Å². The molecule has 0 bridgehead atoms. The zero-order valence-electron chi connectivity index (χ0n) is 19.6. The number of hydrogen-bond donors (Lipinski definition) is 0. The predicted octanol–water partition coefficient (Wildman–Crippen LogP) is 8.52. The summed E-state index contributed by atoms with van der Waals surface area (Å²) in [5.41, 5.74) is 12.9. The van der Waals surface area contributed by atoms with Crippen LogP contribution in [0.4, 0.5) is 0 Å². The van der Waals surface area contributed by atoms with Gasteiger partial charge in [0.15, 0.2) is 0 Å². The molecule has 0 radical (unpaired) electrons. The summed E-state index contributed by atoms with van der Waals surface area (Å²) in [5, 5.41) is 0. The maximum Gasteiger partial charge on any atom is -0.00630 e. The highest BCUT2D eigenvalue weighted by Crippen LogP contribution is 2.52. The van der Waals surface area contributed by atoms with E-state index in [0.29, 0.717) is 0 Å². The van der Waals surface area contributed by atoms with Crippen LogP contribution in [0.2, 0.25) is 0 Å². The first-order chi connectivity index (χ1) is 11.9. The lowest BCUT2D eigenvalue weighted by Crippen LogP contribution is -2.12. The lowest BCUT2D eigenvalue weighted by Gasteiger charge is -2.31. The van der Waals surface area contributed by atoms with Crippen LogP contribution in [0.5, 0.6) is 0 Å². The molecule has 0 saturated heterocycles. The second kappa shape index (κ2) is 10.0. The van der Waals surface area contributed by atoms with E-state index in [1.165, 1.54) is 12.3 Å². The molecule has 26 heavy (non-hydrogen) atoms. The Morgan fingerprint density at radius 2 is 0.654 bits per heavy atom. The fourth-order valence-corrected chi connectivity index (χ4v) is 9.75. The van der Waals surface area contributed by atoms with Crippen molar-refractivity contribution < 1.29 is 0 Å². The summed E-state index contributed by atoms with van der Waals surface area (Å²) < 4.78 is 0. The molecular formula is C24H44P2. The van der Waals surface area contributed by atoms with Gasteiger partial charge < -0.3 is 0 Å². The molecule has 0 spiro atoms. The highest BCUT2D eigenvalue weighted by Gasteiger charge is 2.24. The largest absolute Gasteiger partial charge is 0.0969 e. The van der Waals surface area contributed by atoms with E-state index in [9.17, 15) is 0 Å². The van der Waals surface area contributed by atoms with Crippen molar-refractivity contribution in [3.63, 3.8) is 0 Å². The first-order valence-electron chi connectivity index (χ1n) is 10.5. The molecule has 150 valence electrons. The van der Waals surface area contributed by atoms with Crippen molar-refractivity contribution in [1.82, 2.24) is 0 Å². The molecule has 0 amide bonds. The van der Waals surface area contributed by atoms with Crippen LogP contribution >= 0.6 is 15.8 Å². The van der Waals surface area contributed by atoms with E-state index in [1.807, 2.05) is 0 Å². The number of benzene rings is 1. The van der Waals surface area contributed by atoms with Crippen molar-refractivity contribution in [2.24, 2.45) is 0 Å². The Labute approximate surface area is 167 Å². The smallest absolute Gasteiger partial charge is 0.00630 e. The topological polar surface area (TPSA) is 0 Å². The Kier molecular flexibility index (Phi) is 9.30. The average Bonchev–Trinajstić information content (AvgIpc) is 2.51. The summed E-state index contributed by atoms with van der Waals surface area (Å²) in [6.45, 7) is 28.9. The van der Waals surface area contributed by atoms with Crippen molar-refractivity contribution in [2.45, 2.75) is 118 Å². The van der Waals surface area contributed by atoms with Gasteiger partial charge in [-0.3, -0.25) is 0 Å². The highest BCUT2D eigenvalue weighted by atomic mass is 31.1. The van der Waals surface area contributed by atoms with Crippen LogP contribution in [0, 0.1) is 27.7 Å². The van der Waals surface area contributed by atoms with Crippen molar-refractivity contribution >= 4 is 15.8 Å². The van der Waals surface area contributed by atoms with Gasteiger partial charge >= 0.3 is 0 Å². The van der Waals surface area contributed by atoms with E-state index < -0.39 is 0 Å². The summed E-state index contributed by atoms with van der Waals surface area (Å²) in [6.07, 6.45) is 2.60. The van der Waals surface area contributed by atoms with Gasteiger partial charge in [0.2, 0.25) is 0 Å². The number of rotatable bonds is 8. The zero-order valence-corrected chi connectivity index (χ0v) is 21.4. The highest BCUT2D eigenvalue weighted by molar-refractivity contribution is 7.58. The predicted molar refractivity (Wildman–Crippen MR) is 127 cm³/mol. The number of hydrogen-bond acceptors (Lipinski definition) is 0. The molecule has 0 aliphatic rings. The Morgan fingerprint density at radius 3 is 0.808 bits per heavy atom. The van der Waals surface area contributed by atoms with E-state index in [-0.39, 0.29) is 15.8 Å².